The van der Waals surface area contributed by atoms with Crippen molar-refractivity contribution < 1.29 is 4.52 Å². The summed E-state index contributed by atoms with van der Waals surface area (Å²) in [6, 6.07) is 1.94. The molecule has 2 heterocycles. The first kappa shape index (κ1) is 11.9. The number of nitrogens with zero attached hydrogens (tertiary/aromatic N) is 3. The Kier molecular flexibility index (Phi) is 3.28. The second kappa shape index (κ2) is 4.71. The van der Waals surface area contributed by atoms with Crippen LogP contribution in [0.5, 0.6) is 0 Å². The number of aryl methyl sites for hydroxylation is 2. The molecule has 1 N–H and O–H groups in total. The van der Waals surface area contributed by atoms with Crippen molar-refractivity contribution in [3.8, 4) is 0 Å². The maximum absolute atomic E-state index is 5.21. The van der Waals surface area contributed by atoms with Crippen molar-refractivity contribution in [2.45, 2.75) is 33.9 Å². The van der Waals surface area contributed by atoms with Crippen LogP contribution < -0.4 is 5.32 Å². The second-order valence-electron chi connectivity index (χ2n) is 4.27. The molecule has 0 aliphatic heterocycles. The van der Waals surface area contributed by atoms with Crippen LogP contribution in [-0.4, -0.2) is 22.0 Å². The number of hydrogen-bond acceptors (Lipinski definition) is 4. The molecule has 0 spiro atoms. The average molecular weight is 234 g/mol. The Hall–Kier alpha value is -1.62. The van der Waals surface area contributed by atoms with Crippen molar-refractivity contribution in [1.82, 2.24) is 20.3 Å². The normalized spacial score (nSPS) is 11.1. The monoisotopic (exact) mass is 234 g/mol. The van der Waals surface area contributed by atoms with Gasteiger partial charge in [0.1, 0.15) is 6.54 Å². The van der Waals surface area contributed by atoms with E-state index in [1.54, 1.807) is 0 Å². The lowest BCUT2D eigenvalue weighted by molar-refractivity contribution is 0.366. The number of hydrogen-bond donors (Lipinski definition) is 1. The van der Waals surface area contributed by atoms with Crippen molar-refractivity contribution in [2.75, 3.05) is 7.05 Å². The largest absolute Gasteiger partial charge is 0.359 e. The lowest BCUT2D eigenvalue weighted by atomic mass is 10.2. The SMILES string of the molecule is CNCc1c(C)nn(Cc2cc(C)no2)c1C. The van der Waals surface area contributed by atoms with E-state index in [0.29, 0.717) is 6.54 Å². The first-order valence-corrected chi connectivity index (χ1v) is 5.71. The van der Waals surface area contributed by atoms with E-state index in [-0.39, 0.29) is 0 Å². The molecule has 0 radical (unpaired) electrons. The van der Waals surface area contributed by atoms with Gasteiger partial charge in [-0.15, -0.1) is 0 Å². The van der Waals surface area contributed by atoms with Crippen molar-refractivity contribution in [3.05, 3.63) is 34.5 Å². The fourth-order valence-corrected chi connectivity index (χ4v) is 1.96. The zero-order valence-electron chi connectivity index (χ0n) is 10.7. The molecule has 0 saturated heterocycles. The van der Waals surface area contributed by atoms with Crippen LogP contribution >= 0.6 is 0 Å². The summed E-state index contributed by atoms with van der Waals surface area (Å²) in [5.74, 6) is 0.837. The van der Waals surface area contributed by atoms with E-state index in [9.17, 15) is 0 Å². The quantitative estimate of drug-likeness (QED) is 0.872. The molecule has 0 aliphatic carbocycles. The Balaban J connectivity index is 2.24. The Bertz CT molecular complexity index is 513. The van der Waals surface area contributed by atoms with Gasteiger partial charge in [-0.05, 0) is 27.8 Å². The lowest BCUT2D eigenvalue weighted by Gasteiger charge is -2.02. The Morgan fingerprint density at radius 1 is 1.35 bits per heavy atom. The van der Waals surface area contributed by atoms with Crippen molar-refractivity contribution in [1.29, 1.82) is 0 Å². The van der Waals surface area contributed by atoms with Gasteiger partial charge in [0.2, 0.25) is 0 Å². The molecular formula is C12H18N4O. The Labute approximate surface area is 101 Å². The molecule has 2 aromatic rings. The van der Waals surface area contributed by atoms with E-state index < -0.39 is 0 Å². The summed E-state index contributed by atoms with van der Waals surface area (Å²) in [6.07, 6.45) is 0. The first-order chi connectivity index (χ1) is 8.11. The van der Waals surface area contributed by atoms with Crippen molar-refractivity contribution in [3.63, 3.8) is 0 Å². The third-order valence-corrected chi connectivity index (χ3v) is 2.87. The summed E-state index contributed by atoms with van der Waals surface area (Å²) in [5, 5.41) is 11.6. The molecule has 2 aromatic heterocycles. The predicted octanol–water partition coefficient (Wildman–Crippen LogP) is 1.56. The minimum absolute atomic E-state index is 0.636. The molecule has 0 fully saturated rings. The van der Waals surface area contributed by atoms with Gasteiger partial charge < -0.3 is 9.84 Å². The molecule has 0 atom stereocenters. The Morgan fingerprint density at radius 3 is 2.71 bits per heavy atom. The summed E-state index contributed by atoms with van der Waals surface area (Å²) in [7, 11) is 1.94. The van der Waals surface area contributed by atoms with Crippen LogP contribution in [0.2, 0.25) is 0 Å². The van der Waals surface area contributed by atoms with Crippen molar-refractivity contribution >= 4 is 0 Å². The molecule has 0 saturated carbocycles. The van der Waals surface area contributed by atoms with Gasteiger partial charge in [-0.25, -0.2) is 0 Å². The van der Waals surface area contributed by atoms with Crippen LogP contribution in [0, 0.1) is 20.8 Å². The highest BCUT2D eigenvalue weighted by molar-refractivity contribution is 5.24. The summed E-state index contributed by atoms with van der Waals surface area (Å²) in [6.45, 7) is 7.50. The molecule has 0 unspecified atom stereocenters. The number of rotatable bonds is 4. The highest BCUT2D eigenvalue weighted by Gasteiger charge is 2.12. The maximum atomic E-state index is 5.21. The third-order valence-electron chi connectivity index (χ3n) is 2.87. The van der Waals surface area contributed by atoms with E-state index >= 15 is 0 Å². The van der Waals surface area contributed by atoms with E-state index in [1.807, 2.05) is 31.6 Å². The molecule has 17 heavy (non-hydrogen) atoms. The minimum atomic E-state index is 0.636. The standard InChI is InChI=1S/C12H18N4O/c1-8-5-11(17-15-8)7-16-10(3)12(6-13-4)9(2)14-16/h5,13H,6-7H2,1-4H3. The summed E-state index contributed by atoms with van der Waals surface area (Å²) >= 11 is 0. The van der Waals surface area contributed by atoms with Crippen LogP contribution in [0.15, 0.2) is 10.6 Å². The highest BCUT2D eigenvalue weighted by atomic mass is 16.5. The molecule has 5 heteroatoms. The predicted molar refractivity (Wildman–Crippen MR) is 64.8 cm³/mol. The fourth-order valence-electron chi connectivity index (χ4n) is 1.96. The van der Waals surface area contributed by atoms with E-state index in [2.05, 4.69) is 22.5 Å². The zero-order chi connectivity index (χ0) is 12.4. The van der Waals surface area contributed by atoms with Gasteiger partial charge >= 0.3 is 0 Å². The highest BCUT2D eigenvalue weighted by Crippen LogP contribution is 2.14. The van der Waals surface area contributed by atoms with E-state index in [1.165, 1.54) is 11.3 Å². The second-order valence-corrected chi connectivity index (χ2v) is 4.27. The number of nitrogens with one attached hydrogen (secondary N) is 1. The third kappa shape index (κ3) is 2.39. The van der Waals surface area contributed by atoms with Crippen LogP contribution in [0.3, 0.4) is 0 Å². The fraction of sp³-hybridized carbons (Fsp3) is 0.500. The van der Waals surface area contributed by atoms with Crippen LogP contribution in [-0.2, 0) is 13.1 Å². The summed E-state index contributed by atoms with van der Waals surface area (Å²) in [5.41, 5.74) is 4.39. The molecule has 0 bridgehead atoms. The van der Waals surface area contributed by atoms with Gasteiger partial charge in [0.25, 0.3) is 0 Å². The number of aromatic nitrogens is 3. The van der Waals surface area contributed by atoms with Crippen LogP contribution in [0.4, 0.5) is 0 Å². The molecule has 0 aliphatic rings. The first-order valence-electron chi connectivity index (χ1n) is 5.71. The smallest absolute Gasteiger partial charge is 0.158 e. The molecule has 2 rings (SSSR count). The van der Waals surface area contributed by atoms with Crippen molar-refractivity contribution in [2.24, 2.45) is 0 Å². The zero-order valence-corrected chi connectivity index (χ0v) is 10.7. The molecule has 0 amide bonds. The summed E-state index contributed by atoms with van der Waals surface area (Å²) in [4.78, 5) is 0. The molecule has 0 aromatic carbocycles. The van der Waals surface area contributed by atoms with Gasteiger partial charge in [0, 0.05) is 23.9 Å². The van der Waals surface area contributed by atoms with Gasteiger partial charge in [-0.2, -0.15) is 5.10 Å². The minimum Gasteiger partial charge on any atom is -0.359 e. The van der Waals surface area contributed by atoms with Gasteiger partial charge in [-0.1, -0.05) is 5.16 Å². The molecule has 92 valence electrons. The topological polar surface area (TPSA) is 55.9 Å². The lowest BCUT2D eigenvalue weighted by Crippen LogP contribution is -2.08. The maximum Gasteiger partial charge on any atom is 0.158 e. The van der Waals surface area contributed by atoms with Crippen LogP contribution in [0.1, 0.15) is 28.4 Å². The van der Waals surface area contributed by atoms with Gasteiger partial charge in [0.15, 0.2) is 5.76 Å². The van der Waals surface area contributed by atoms with E-state index in [0.717, 1.165) is 23.7 Å². The van der Waals surface area contributed by atoms with E-state index in [4.69, 9.17) is 4.52 Å². The average Bonchev–Trinajstić information content (AvgIpc) is 2.79. The van der Waals surface area contributed by atoms with Gasteiger partial charge in [-0.3, -0.25) is 4.68 Å². The summed E-state index contributed by atoms with van der Waals surface area (Å²) < 4.78 is 7.17. The van der Waals surface area contributed by atoms with Gasteiger partial charge in [0.05, 0.1) is 11.4 Å². The molecule has 5 nitrogen and oxygen atoms in total. The Morgan fingerprint density at radius 2 is 2.12 bits per heavy atom. The van der Waals surface area contributed by atoms with Crippen LogP contribution in [0.25, 0.3) is 0 Å². The molecular weight excluding hydrogens is 216 g/mol.